The third-order valence-corrected chi connectivity index (χ3v) is 10.6. The Kier molecular flexibility index (Phi) is 14.0. The van der Waals surface area contributed by atoms with Gasteiger partial charge >= 0.3 is 6.03 Å². The van der Waals surface area contributed by atoms with Crippen LogP contribution in [0.2, 0.25) is 5.02 Å². The Bertz CT molecular complexity index is 1630. The molecule has 1 aliphatic carbocycles. The highest BCUT2D eigenvalue weighted by atomic mass is 35.5. The van der Waals surface area contributed by atoms with E-state index in [9.17, 15) is 9.59 Å². The van der Waals surface area contributed by atoms with Crippen molar-refractivity contribution in [3.05, 3.63) is 81.6 Å². The van der Waals surface area contributed by atoms with Crippen molar-refractivity contribution in [3.63, 3.8) is 0 Å². The van der Waals surface area contributed by atoms with Crippen LogP contribution in [0.25, 0.3) is 0 Å². The summed E-state index contributed by atoms with van der Waals surface area (Å²) in [5.74, 6) is 1.56. The second kappa shape index (κ2) is 17.6. The molecule has 2 heterocycles. The van der Waals surface area contributed by atoms with Crippen LogP contribution in [0, 0.1) is 11.8 Å². The molecule has 1 aromatic heterocycles. The van der Waals surface area contributed by atoms with Gasteiger partial charge in [0.25, 0.3) is 0 Å². The number of rotatable bonds is 11. The maximum atomic E-state index is 15.0. The first-order valence-electron chi connectivity index (χ1n) is 18.8. The third-order valence-electron chi connectivity index (χ3n) is 10.0. The minimum absolute atomic E-state index is 0.0411. The van der Waals surface area contributed by atoms with E-state index in [1.54, 1.807) is 4.90 Å². The molecule has 1 atom stereocenters. The summed E-state index contributed by atoms with van der Waals surface area (Å²) in [6.07, 6.45) is 10.6. The molecule has 284 valence electrons. The number of amides is 3. The standard InChI is InChI=1S/C42H59Cl2N5O3/c1-11-52-36-25-37(41(6,7)8)45-26-35(36)39(46-42(9,10)32-14-18-34(44)19-15-32)48(27-31-12-16-33(43)17-13-31)40(51)47-22-20-30(21-23-47)24-38(50)49(28(2)3)29(4)5/h12-14,16-19,25-26,28-30,32H,11,15,20-24,27H2,1-10H3. The fourth-order valence-corrected chi connectivity index (χ4v) is 7.35. The Morgan fingerprint density at radius 3 is 2.19 bits per heavy atom. The van der Waals surface area contributed by atoms with Crippen molar-refractivity contribution in [3.8, 4) is 5.75 Å². The summed E-state index contributed by atoms with van der Waals surface area (Å²) in [4.78, 5) is 44.3. The van der Waals surface area contributed by atoms with Gasteiger partial charge < -0.3 is 14.5 Å². The first-order chi connectivity index (χ1) is 24.4. The highest BCUT2D eigenvalue weighted by Crippen LogP contribution is 2.35. The maximum Gasteiger partial charge on any atom is 0.325 e. The zero-order valence-corrected chi connectivity index (χ0v) is 34.4. The minimum atomic E-state index is -0.628. The van der Waals surface area contributed by atoms with Gasteiger partial charge in [-0.25, -0.2) is 4.79 Å². The molecular formula is C42H59Cl2N5O3. The molecule has 2 aliphatic rings. The largest absolute Gasteiger partial charge is 0.493 e. The normalized spacial score (nSPS) is 17.4. The lowest BCUT2D eigenvalue weighted by atomic mass is 9.83. The molecular weight excluding hydrogens is 693 g/mol. The molecule has 0 spiro atoms. The molecule has 2 aromatic rings. The van der Waals surface area contributed by atoms with Crippen LogP contribution in [0.3, 0.4) is 0 Å². The van der Waals surface area contributed by atoms with E-state index in [4.69, 9.17) is 37.9 Å². The number of pyridine rings is 1. The summed E-state index contributed by atoms with van der Waals surface area (Å²) in [6.45, 7) is 22.5. The number of allylic oxidation sites excluding steroid dienone is 3. The molecule has 0 radical (unpaired) electrons. The number of benzene rings is 1. The number of carbonyl (C=O) groups excluding carboxylic acids is 2. The van der Waals surface area contributed by atoms with E-state index in [1.165, 1.54) is 0 Å². The zero-order valence-electron chi connectivity index (χ0n) is 32.9. The lowest BCUT2D eigenvalue weighted by Gasteiger charge is -2.38. The average molecular weight is 753 g/mol. The Hall–Kier alpha value is -3.36. The minimum Gasteiger partial charge on any atom is -0.493 e. The van der Waals surface area contributed by atoms with Gasteiger partial charge in [0.15, 0.2) is 0 Å². The summed E-state index contributed by atoms with van der Waals surface area (Å²) < 4.78 is 6.31. The van der Waals surface area contributed by atoms with Gasteiger partial charge in [0.2, 0.25) is 5.91 Å². The number of urea groups is 1. The van der Waals surface area contributed by atoms with Crippen LogP contribution in [0.1, 0.15) is 112 Å². The van der Waals surface area contributed by atoms with E-state index in [0.29, 0.717) is 53.3 Å². The monoisotopic (exact) mass is 751 g/mol. The van der Waals surface area contributed by atoms with Crippen molar-refractivity contribution in [2.45, 2.75) is 125 Å². The van der Waals surface area contributed by atoms with Gasteiger partial charge in [-0.1, -0.05) is 68.3 Å². The van der Waals surface area contributed by atoms with E-state index in [2.05, 4.69) is 68.4 Å². The first kappa shape index (κ1) is 41.4. The van der Waals surface area contributed by atoms with Gasteiger partial charge in [0.05, 0.1) is 24.3 Å². The van der Waals surface area contributed by atoms with Crippen LogP contribution in [0.4, 0.5) is 4.79 Å². The fourth-order valence-electron chi connectivity index (χ4n) is 7.06. The Balaban J connectivity index is 1.78. The van der Waals surface area contributed by atoms with Crippen LogP contribution in [0.5, 0.6) is 5.75 Å². The van der Waals surface area contributed by atoms with Crippen LogP contribution >= 0.6 is 23.2 Å². The Morgan fingerprint density at radius 2 is 1.65 bits per heavy atom. The van der Waals surface area contributed by atoms with Gasteiger partial charge in [-0.15, -0.1) is 0 Å². The van der Waals surface area contributed by atoms with Crippen molar-refractivity contribution >= 4 is 41.0 Å². The third kappa shape index (κ3) is 10.6. The average Bonchev–Trinajstić information content (AvgIpc) is 3.07. The Labute approximate surface area is 322 Å². The lowest BCUT2D eigenvalue weighted by molar-refractivity contribution is -0.136. The van der Waals surface area contributed by atoms with Gasteiger partial charge in [-0.2, -0.15) is 0 Å². The highest BCUT2D eigenvalue weighted by Gasteiger charge is 2.36. The van der Waals surface area contributed by atoms with E-state index in [1.807, 2.05) is 65.4 Å². The highest BCUT2D eigenvalue weighted by molar-refractivity contribution is 6.31. The molecule has 1 unspecified atom stereocenters. The van der Waals surface area contributed by atoms with Crippen molar-refractivity contribution in [1.82, 2.24) is 19.7 Å². The fraction of sp³-hybridized carbons (Fsp3) is 0.571. The zero-order chi connectivity index (χ0) is 38.4. The number of ether oxygens (including phenoxy) is 1. The number of hydrogen-bond acceptors (Lipinski definition) is 5. The smallest absolute Gasteiger partial charge is 0.325 e. The Morgan fingerprint density at radius 1 is 1.02 bits per heavy atom. The van der Waals surface area contributed by atoms with E-state index in [-0.39, 0.29) is 47.8 Å². The number of halogens is 2. The maximum absolute atomic E-state index is 15.0. The van der Waals surface area contributed by atoms with Crippen LogP contribution in [-0.2, 0) is 16.8 Å². The van der Waals surface area contributed by atoms with Crippen LogP contribution in [0.15, 0.2) is 64.8 Å². The lowest BCUT2D eigenvalue weighted by Crippen LogP contribution is -2.50. The number of likely N-dealkylation sites (tertiary alicyclic amines) is 1. The molecule has 0 N–H and O–H groups in total. The second-order valence-electron chi connectivity index (χ2n) is 16.2. The van der Waals surface area contributed by atoms with Gasteiger partial charge in [0, 0.05) is 70.9 Å². The van der Waals surface area contributed by atoms with E-state index in [0.717, 1.165) is 30.5 Å². The van der Waals surface area contributed by atoms with Crippen LogP contribution < -0.4 is 4.74 Å². The van der Waals surface area contributed by atoms with Crippen molar-refractivity contribution in [2.75, 3.05) is 19.7 Å². The number of amidine groups is 1. The van der Waals surface area contributed by atoms with E-state index < -0.39 is 5.54 Å². The van der Waals surface area contributed by atoms with E-state index >= 15 is 0 Å². The molecule has 1 aliphatic heterocycles. The van der Waals surface area contributed by atoms with Crippen LogP contribution in [-0.4, -0.2) is 74.8 Å². The topological polar surface area (TPSA) is 78.3 Å². The summed E-state index contributed by atoms with van der Waals surface area (Å²) in [7, 11) is 0. The number of hydrogen-bond donors (Lipinski definition) is 0. The summed E-state index contributed by atoms with van der Waals surface area (Å²) in [5, 5.41) is 1.33. The number of aliphatic imine (C=N–C) groups is 1. The number of piperidine rings is 1. The number of nitrogens with zero attached hydrogens (tertiary/aromatic N) is 5. The first-order valence-corrected chi connectivity index (χ1v) is 19.6. The van der Waals surface area contributed by atoms with Gasteiger partial charge in [-0.05, 0) is 97.4 Å². The molecule has 0 saturated carbocycles. The molecule has 8 nitrogen and oxygen atoms in total. The summed E-state index contributed by atoms with van der Waals surface area (Å²) >= 11 is 12.6. The van der Waals surface area contributed by atoms with Crippen molar-refractivity contribution < 1.29 is 14.3 Å². The molecule has 10 heteroatoms. The SMILES string of the molecule is CCOc1cc(C(C)(C)C)ncc1C(=NC(C)(C)C1C=CC(Cl)=CC1)N(Cc1ccc(Cl)cc1)C(=O)N1CCC(CC(=O)N(C(C)C)C(C)C)CC1. The molecule has 3 amide bonds. The quantitative estimate of drug-likeness (QED) is 0.169. The summed E-state index contributed by atoms with van der Waals surface area (Å²) in [5.41, 5.74) is 1.61. The van der Waals surface area contributed by atoms with Crippen molar-refractivity contribution in [1.29, 1.82) is 0 Å². The number of carbonyl (C=O) groups is 2. The second-order valence-corrected chi connectivity index (χ2v) is 17.1. The molecule has 4 rings (SSSR count). The predicted octanol–water partition coefficient (Wildman–Crippen LogP) is 10.0. The molecule has 0 bridgehead atoms. The van der Waals surface area contributed by atoms with Crippen molar-refractivity contribution in [2.24, 2.45) is 16.8 Å². The summed E-state index contributed by atoms with van der Waals surface area (Å²) in [6, 6.07) is 9.69. The van der Waals surface area contributed by atoms with Gasteiger partial charge in [-0.3, -0.25) is 19.7 Å². The van der Waals surface area contributed by atoms with Gasteiger partial charge in [0.1, 0.15) is 11.6 Å². The number of aromatic nitrogens is 1. The predicted molar refractivity (Wildman–Crippen MR) is 214 cm³/mol. The molecule has 1 fully saturated rings. The molecule has 1 aromatic carbocycles. The molecule has 52 heavy (non-hydrogen) atoms. The molecule has 1 saturated heterocycles.